The first-order chi connectivity index (χ1) is 15.5. The van der Waals surface area contributed by atoms with Crippen molar-refractivity contribution in [3.63, 3.8) is 0 Å². The Bertz CT molecular complexity index is 1180. The first-order valence-electron chi connectivity index (χ1n) is 10.5. The van der Waals surface area contributed by atoms with E-state index in [4.69, 9.17) is 9.47 Å². The fraction of sp³-hybridized carbons (Fsp3) is 0.409. The summed E-state index contributed by atoms with van der Waals surface area (Å²) in [7, 11) is 1.59. The highest BCUT2D eigenvalue weighted by molar-refractivity contribution is 5.78. The first kappa shape index (κ1) is 21.5. The van der Waals surface area contributed by atoms with Gasteiger partial charge in [0.05, 0.1) is 25.3 Å². The highest BCUT2D eigenvalue weighted by Crippen LogP contribution is 2.22. The molecule has 1 aliphatic rings. The number of fused-ring (bicyclic) bond motifs is 1. The van der Waals surface area contributed by atoms with Crippen LogP contribution in [0, 0.1) is 5.92 Å². The molecule has 10 nitrogen and oxygen atoms in total. The second-order valence-electron chi connectivity index (χ2n) is 7.61. The molecule has 1 aromatic carbocycles. The second-order valence-corrected chi connectivity index (χ2v) is 7.61. The molecule has 0 bridgehead atoms. The molecule has 0 radical (unpaired) electrons. The molecule has 10 heteroatoms. The molecule has 1 atom stereocenters. The summed E-state index contributed by atoms with van der Waals surface area (Å²) in [5.74, 6) is -0.149. The number of carbonyl (C=O) groups is 2. The number of nitrogens with zero attached hydrogens (tertiary/aromatic N) is 5. The highest BCUT2D eigenvalue weighted by Gasteiger charge is 2.29. The second kappa shape index (κ2) is 9.21. The van der Waals surface area contributed by atoms with Crippen molar-refractivity contribution in [3.05, 3.63) is 47.0 Å². The van der Waals surface area contributed by atoms with Gasteiger partial charge in [-0.05, 0) is 50.1 Å². The zero-order valence-corrected chi connectivity index (χ0v) is 18.1. The Morgan fingerprint density at radius 3 is 2.72 bits per heavy atom. The van der Waals surface area contributed by atoms with Crippen molar-refractivity contribution in [2.75, 3.05) is 26.8 Å². The Kier molecular flexibility index (Phi) is 6.20. The largest absolute Gasteiger partial charge is 0.497 e. The average molecular weight is 439 g/mol. The molecule has 2 aromatic heterocycles. The third-order valence-corrected chi connectivity index (χ3v) is 5.55. The number of hydrogen-bond acceptors (Lipinski definition) is 7. The number of likely N-dealkylation sites (tertiary alicyclic amines) is 1. The van der Waals surface area contributed by atoms with Crippen LogP contribution in [0.3, 0.4) is 0 Å². The third-order valence-electron chi connectivity index (χ3n) is 5.55. The Morgan fingerprint density at radius 1 is 1.22 bits per heavy atom. The van der Waals surface area contributed by atoms with Gasteiger partial charge in [0.2, 0.25) is 5.91 Å². The number of hydrogen-bond donors (Lipinski definition) is 0. The summed E-state index contributed by atoms with van der Waals surface area (Å²) in [4.78, 5) is 39.4. The molecule has 1 fully saturated rings. The average Bonchev–Trinajstić information content (AvgIpc) is 3.26. The zero-order chi connectivity index (χ0) is 22.7. The number of rotatable bonds is 6. The van der Waals surface area contributed by atoms with Crippen LogP contribution in [-0.2, 0) is 20.9 Å². The fourth-order valence-electron chi connectivity index (χ4n) is 3.84. The smallest absolute Gasteiger partial charge is 0.310 e. The first-order valence-corrected chi connectivity index (χ1v) is 10.5. The van der Waals surface area contributed by atoms with Crippen LogP contribution in [-0.4, -0.2) is 63.0 Å². The van der Waals surface area contributed by atoms with Gasteiger partial charge >= 0.3 is 5.97 Å². The number of amides is 1. The number of carbonyl (C=O) groups excluding carboxylic acids is 2. The Morgan fingerprint density at radius 2 is 2.00 bits per heavy atom. The van der Waals surface area contributed by atoms with Gasteiger partial charge in [-0.2, -0.15) is 10.2 Å². The maximum absolute atomic E-state index is 12.9. The number of methoxy groups -OCH3 is 1. The lowest BCUT2D eigenvalue weighted by atomic mass is 9.98. The van der Waals surface area contributed by atoms with Gasteiger partial charge in [0.15, 0.2) is 0 Å². The van der Waals surface area contributed by atoms with Crippen molar-refractivity contribution < 1.29 is 19.1 Å². The molecule has 1 amide bonds. The highest BCUT2D eigenvalue weighted by atomic mass is 16.5. The van der Waals surface area contributed by atoms with E-state index >= 15 is 0 Å². The summed E-state index contributed by atoms with van der Waals surface area (Å²) >= 11 is 0. The molecule has 0 aliphatic carbocycles. The summed E-state index contributed by atoms with van der Waals surface area (Å²) in [5, 5.41) is 8.51. The van der Waals surface area contributed by atoms with Gasteiger partial charge in [-0.1, -0.05) is 0 Å². The van der Waals surface area contributed by atoms with Crippen LogP contribution in [0.4, 0.5) is 0 Å². The van der Waals surface area contributed by atoms with E-state index in [0.717, 1.165) is 16.0 Å². The van der Waals surface area contributed by atoms with Crippen LogP contribution in [0.2, 0.25) is 0 Å². The van der Waals surface area contributed by atoms with Gasteiger partial charge in [0.25, 0.3) is 5.56 Å². The minimum absolute atomic E-state index is 0.200. The van der Waals surface area contributed by atoms with Crippen molar-refractivity contribution in [1.29, 1.82) is 0 Å². The predicted molar refractivity (Wildman–Crippen MR) is 115 cm³/mol. The standard InChI is InChI=1S/C22H25N5O5/c1-3-32-22(30)16-5-4-10-25(12-16)20(28)13-26-21(29)19-11-18(24-27(19)14-23-26)15-6-8-17(31-2)9-7-15/h6-9,11,14,16H,3-5,10,12-13H2,1-2H3/t16-/m0/s1. The normalized spacial score (nSPS) is 16.2. The lowest BCUT2D eigenvalue weighted by Crippen LogP contribution is -2.45. The van der Waals surface area contributed by atoms with E-state index in [9.17, 15) is 14.4 Å². The van der Waals surface area contributed by atoms with Crippen molar-refractivity contribution in [3.8, 4) is 17.0 Å². The minimum Gasteiger partial charge on any atom is -0.497 e. The summed E-state index contributed by atoms with van der Waals surface area (Å²) < 4.78 is 12.8. The molecule has 168 valence electrons. The van der Waals surface area contributed by atoms with E-state index < -0.39 is 5.56 Å². The molecule has 3 heterocycles. The predicted octanol–water partition coefficient (Wildman–Crippen LogP) is 1.37. The molecule has 0 unspecified atom stereocenters. The summed E-state index contributed by atoms with van der Waals surface area (Å²) in [6, 6.07) is 9.01. The van der Waals surface area contributed by atoms with Crippen LogP contribution in [0.5, 0.6) is 5.75 Å². The molecule has 0 N–H and O–H groups in total. The molecular formula is C22H25N5O5. The third kappa shape index (κ3) is 4.34. The monoisotopic (exact) mass is 439 g/mol. The SMILES string of the molecule is CCOC(=O)[C@H]1CCCN(C(=O)Cn2ncn3nc(-c4ccc(OC)cc4)cc3c2=O)C1. The van der Waals surface area contributed by atoms with E-state index in [2.05, 4.69) is 10.2 Å². The van der Waals surface area contributed by atoms with Gasteiger partial charge < -0.3 is 14.4 Å². The van der Waals surface area contributed by atoms with Crippen LogP contribution >= 0.6 is 0 Å². The van der Waals surface area contributed by atoms with Crippen molar-refractivity contribution in [2.24, 2.45) is 5.92 Å². The van der Waals surface area contributed by atoms with Crippen molar-refractivity contribution in [2.45, 2.75) is 26.3 Å². The van der Waals surface area contributed by atoms with Gasteiger partial charge in [0.1, 0.15) is 24.1 Å². The van der Waals surface area contributed by atoms with Crippen LogP contribution < -0.4 is 10.3 Å². The number of ether oxygens (including phenoxy) is 2. The number of esters is 1. The van der Waals surface area contributed by atoms with E-state index in [-0.39, 0.29) is 24.3 Å². The van der Waals surface area contributed by atoms with Gasteiger partial charge in [-0.3, -0.25) is 14.4 Å². The minimum atomic E-state index is -0.410. The molecule has 4 rings (SSSR count). The van der Waals surface area contributed by atoms with Gasteiger partial charge in [0, 0.05) is 18.7 Å². The Hall–Kier alpha value is -3.69. The van der Waals surface area contributed by atoms with Gasteiger partial charge in [-0.25, -0.2) is 9.20 Å². The molecule has 1 aliphatic heterocycles. The molecular weight excluding hydrogens is 414 g/mol. The van der Waals surface area contributed by atoms with Crippen LogP contribution in [0.1, 0.15) is 19.8 Å². The maximum atomic E-state index is 12.9. The van der Waals surface area contributed by atoms with E-state index in [0.29, 0.717) is 43.7 Å². The molecule has 3 aromatic rings. The molecule has 32 heavy (non-hydrogen) atoms. The molecule has 1 saturated heterocycles. The lowest BCUT2D eigenvalue weighted by Gasteiger charge is -2.31. The van der Waals surface area contributed by atoms with E-state index in [1.54, 1.807) is 25.0 Å². The van der Waals surface area contributed by atoms with E-state index in [1.165, 1.54) is 10.8 Å². The molecule has 0 saturated carbocycles. The summed E-state index contributed by atoms with van der Waals surface area (Å²) in [5.41, 5.74) is 1.35. The zero-order valence-electron chi connectivity index (χ0n) is 18.1. The quantitative estimate of drug-likeness (QED) is 0.534. The van der Waals surface area contributed by atoms with E-state index in [1.807, 2.05) is 24.3 Å². The Labute approximate surface area is 184 Å². The van der Waals surface area contributed by atoms with Gasteiger partial charge in [-0.15, -0.1) is 0 Å². The lowest BCUT2D eigenvalue weighted by molar-refractivity contribution is -0.151. The number of aromatic nitrogens is 4. The van der Waals surface area contributed by atoms with Crippen LogP contribution in [0.25, 0.3) is 16.8 Å². The topological polar surface area (TPSA) is 108 Å². The van der Waals surface area contributed by atoms with Crippen LogP contribution in [0.15, 0.2) is 41.5 Å². The fourth-order valence-corrected chi connectivity index (χ4v) is 3.84. The Balaban J connectivity index is 1.52. The van der Waals surface area contributed by atoms with Crippen molar-refractivity contribution in [1.82, 2.24) is 24.3 Å². The number of benzene rings is 1. The summed E-state index contributed by atoms with van der Waals surface area (Å²) in [6.45, 7) is 2.71. The molecule has 0 spiro atoms. The van der Waals surface area contributed by atoms with Crippen molar-refractivity contribution >= 4 is 17.4 Å². The maximum Gasteiger partial charge on any atom is 0.310 e. The number of piperidine rings is 1. The summed E-state index contributed by atoms with van der Waals surface area (Å²) in [6.07, 6.45) is 2.82.